The number of carbonyl (C=O) groups is 3. The van der Waals surface area contributed by atoms with E-state index in [1.165, 1.54) is 11.9 Å². The van der Waals surface area contributed by atoms with Gasteiger partial charge in [-0.2, -0.15) is 0 Å². The highest BCUT2D eigenvalue weighted by molar-refractivity contribution is 6.04. The Labute approximate surface area is 104 Å². The lowest BCUT2D eigenvalue weighted by atomic mass is 10.3. The van der Waals surface area contributed by atoms with E-state index >= 15 is 0 Å². The topological polar surface area (TPSA) is 85.5 Å². The third-order valence-electron chi connectivity index (χ3n) is 2.68. The largest absolute Gasteiger partial charge is 0.367 e. The number of H-pyrrole nitrogens is 1. The van der Waals surface area contributed by atoms with Crippen LogP contribution in [0.4, 0.5) is 4.79 Å². The summed E-state index contributed by atoms with van der Waals surface area (Å²) in [6, 6.07) is 1.40. The summed E-state index contributed by atoms with van der Waals surface area (Å²) in [5.74, 6) is -0.701. The monoisotopic (exact) mass is 250 g/mol. The van der Waals surface area contributed by atoms with Crippen molar-refractivity contribution in [2.24, 2.45) is 0 Å². The predicted molar refractivity (Wildman–Crippen MR) is 62.4 cm³/mol. The van der Waals surface area contributed by atoms with Crippen molar-refractivity contribution in [3.8, 4) is 0 Å². The highest BCUT2D eigenvalue weighted by Gasteiger charge is 2.34. The molecule has 96 valence electrons. The zero-order valence-electron chi connectivity index (χ0n) is 9.97. The molecule has 2 heterocycles. The van der Waals surface area contributed by atoms with E-state index in [0.29, 0.717) is 6.54 Å². The Hall–Kier alpha value is -2.31. The molecule has 7 nitrogen and oxygen atoms in total. The molecule has 0 spiro atoms. The van der Waals surface area contributed by atoms with Crippen LogP contribution in [0.1, 0.15) is 5.56 Å². The molecule has 18 heavy (non-hydrogen) atoms. The molecule has 1 fully saturated rings. The first-order valence-electron chi connectivity index (χ1n) is 5.52. The molecule has 1 aromatic rings. The van der Waals surface area contributed by atoms with E-state index in [4.69, 9.17) is 0 Å². The zero-order valence-corrected chi connectivity index (χ0v) is 9.97. The number of likely N-dealkylation sites (N-methyl/N-ethyl adjacent to an activating group) is 1. The molecule has 4 amide bonds. The molecule has 0 radical (unpaired) electrons. The fraction of sp³-hybridized carbons (Fsp3) is 0.364. The number of aromatic nitrogens is 1. The fourth-order valence-electron chi connectivity index (χ4n) is 1.69. The first kappa shape index (κ1) is 12.2. The highest BCUT2D eigenvalue weighted by Crippen LogP contribution is 2.07. The number of aromatic amines is 1. The number of urea groups is 1. The number of rotatable bonds is 4. The molecular formula is C11H14N4O3. The van der Waals surface area contributed by atoms with Crippen LogP contribution < -0.4 is 5.32 Å². The summed E-state index contributed by atoms with van der Waals surface area (Å²) < 4.78 is 0. The average molecular weight is 250 g/mol. The number of hydrogen-bond donors (Lipinski definition) is 2. The molecule has 0 aromatic carbocycles. The van der Waals surface area contributed by atoms with E-state index in [-0.39, 0.29) is 24.9 Å². The van der Waals surface area contributed by atoms with Crippen molar-refractivity contribution in [3.63, 3.8) is 0 Å². The molecule has 1 saturated heterocycles. The summed E-state index contributed by atoms with van der Waals surface area (Å²) in [5.41, 5.74) is 0.930. The maximum Gasteiger partial charge on any atom is 0.327 e. The maximum atomic E-state index is 11.6. The van der Waals surface area contributed by atoms with Crippen molar-refractivity contribution >= 4 is 17.8 Å². The van der Waals surface area contributed by atoms with Crippen LogP contribution in [0.25, 0.3) is 0 Å². The zero-order chi connectivity index (χ0) is 13.1. The van der Waals surface area contributed by atoms with Crippen molar-refractivity contribution in [3.05, 3.63) is 24.0 Å². The second kappa shape index (κ2) is 4.91. The van der Waals surface area contributed by atoms with Crippen molar-refractivity contribution in [2.45, 2.75) is 6.54 Å². The summed E-state index contributed by atoms with van der Waals surface area (Å²) in [6.07, 6.45) is 3.52. The predicted octanol–water partition coefficient (Wildman–Crippen LogP) is -0.475. The summed E-state index contributed by atoms with van der Waals surface area (Å²) in [6.45, 7) is 0.171. The Morgan fingerprint density at radius 3 is 2.83 bits per heavy atom. The molecule has 2 N–H and O–H groups in total. The Balaban J connectivity index is 1.84. The molecule has 0 saturated carbocycles. The Bertz CT molecular complexity index is 469. The molecule has 1 aromatic heterocycles. The summed E-state index contributed by atoms with van der Waals surface area (Å²) in [4.78, 5) is 39.7. The molecule has 7 heteroatoms. The van der Waals surface area contributed by atoms with Gasteiger partial charge in [-0.05, 0) is 11.6 Å². The maximum absolute atomic E-state index is 11.6. The lowest BCUT2D eigenvalue weighted by Crippen LogP contribution is -2.40. The minimum Gasteiger partial charge on any atom is -0.367 e. The quantitative estimate of drug-likeness (QED) is 0.708. The van der Waals surface area contributed by atoms with Crippen LogP contribution in [0.2, 0.25) is 0 Å². The van der Waals surface area contributed by atoms with E-state index in [0.717, 1.165) is 10.5 Å². The number of carbonyl (C=O) groups excluding carboxylic acids is 3. The van der Waals surface area contributed by atoms with Crippen molar-refractivity contribution in [1.82, 2.24) is 20.1 Å². The Morgan fingerprint density at radius 2 is 2.28 bits per heavy atom. The van der Waals surface area contributed by atoms with Gasteiger partial charge in [0.2, 0.25) is 5.91 Å². The molecule has 2 rings (SSSR count). The number of hydrogen-bond acceptors (Lipinski definition) is 3. The van der Waals surface area contributed by atoms with Gasteiger partial charge in [0, 0.05) is 26.0 Å². The fourth-order valence-corrected chi connectivity index (χ4v) is 1.69. The molecule has 0 atom stereocenters. The van der Waals surface area contributed by atoms with Gasteiger partial charge in [-0.25, -0.2) is 4.79 Å². The van der Waals surface area contributed by atoms with E-state index in [1.54, 1.807) is 12.4 Å². The Kier molecular flexibility index (Phi) is 3.31. The first-order valence-corrected chi connectivity index (χ1v) is 5.52. The Morgan fingerprint density at radius 1 is 1.50 bits per heavy atom. The van der Waals surface area contributed by atoms with Crippen molar-refractivity contribution in [2.75, 3.05) is 20.1 Å². The minimum atomic E-state index is -0.434. The minimum absolute atomic E-state index is 0.0317. The molecule has 0 bridgehead atoms. The molecule has 0 aliphatic carbocycles. The lowest BCUT2D eigenvalue weighted by Gasteiger charge is -2.13. The van der Waals surface area contributed by atoms with E-state index < -0.39 is 6.03 Å². The molecule has 1 aliphatic rings. The first-order chi connectivity index (χ1) is 8.58. The summed E-state index contributed by atoms with van der Waals surface area (Å²) >= 11 is 0. The number of nitrogens with zero attached hydrogens (tertiary/aromatic N) is 2. The van der Waals surface area contributed by atoms with Crippen LogP contribution in [0.5, 0.6) is 0 Å². The van der Waals surface area contributed by atoms with E-state index in [9.17, 15) is 14.4 Å². The summed E-state index contributed by atoms with van der Waals surface area (Å²) in [5, 5.41) is 2.64. The van der Waals surface area contributed by atoms with Crippen molar-refractivity contribution < 1.29 is 14.4 Å². The van der Waals surface area contributed by atoms with Gasteiger partial charge < -0.3 is 15.2 Å². The smallest absolute Gasteiger partial charge is 0.327 e. The second-order valence-electron chi connectivity index (χ2n) is 4.11. The third-order valence-corrected chi connectivity index (χ3v) is 2.68. The molecule has 1 aliphatic heterocycles. The average Bonchev–Trinajstić information content (AvgIpc) is 2.92. The van der Waals surface area contributed by atoms with Gasteiger partial charge in [0.15, 0.2) is 0 Å². The normalized spacial score (nSPS) is 15.4. The molecule has 0 unspecified atom stereocenters. The van der Waals surface area contributed by atoms with Crippen LogP contribution in [0, 0.1) is 0 Å². The number of amides is 4. The number of nitrogens with one attached hydrogen (secondary N) is 2. The van der Waals surface area contributed by atoms with Crippen LogP contribution >= 0.6 is 0 Å². The summed E-state index contributed by atoms with van der Waals surface area (Å²) in [7, 11) is 1.53. The van der Waals surface area contributed by atoms with E-state index in [2.05, 4.69) is 10.3 Å². The van der Waals surface area contributed by atoms with Crippen LogP contribution in [0.15, 0.2) is 18.5 Å². The van der Waals surface area contributed by atoms with Gasteiger partial charge in [-0.3, -0.25) is 14.5 Å². The van der Waals surface area contributed by atoms with Crippen LogP contribution in [0.3, 0.4) is 0 Å². The SMILES string of the molecule is CN1CC(=O)N(CC(=O)NCc2cc[nH]c2)C1=O. The van der Waals surface area contributed by atoms with Crippen LogP contribution in [-0.2, 0) is 16.1 Å². The number of imide groups is 1. The van der Waals surface area contributed by atoms with Gasteiger partial charge >= 0.3 is 6.03 Å². The van der Waals surface area contributed by atoms with Gasteiger partial charge in [-0.15, -0.1) is 0 Å². The standard InChI is InChI=1S/C11H14N4O3/c1-14-7-10(17)15(11(14)18)6-9(16)13-5-8-2-3-12-4-8/h2-4,12H,5-7H2,1H3,(H,13,16). The van der Waals surface area contributed by atoms with Gasteiger partial charge in [0.05, 0.1) is 0 Å². The van der Waals surface area contributed by atoms with Gasteiger partial charge in [-0.1, -0.05) is 0 Å². The lowest BCUT2D eigenvalue weighted by molar-refractivity contribution is -0.130. The van der Waals surface area contributed by atoms with Gasteiger partial charge in [0.25, 0.3) is 5.91 Å². The van der Waals surface area contributed by atoms with Crippen molar-refractivity contribution in [1.29, 1.82) is 0 Å². The third kappa shape index (κ3) is 2.50. The molecular weight excluding hydrogens is 236 g/mol. The second-order valence-corrected chi connectivity index (χ2v) is 4.11. The van der Waals surface area contributed by atoms with E-state index in [1.807, 2.05) is 6.07 Å². The van der Waals surface area contributed by atoms with Crippen LogP contribution in [-0.4, -0.2) is 52.8 Å². The highest BCUT2D eigenvalue weighted by atomic mass is 16.2. The van der Waals surface area contributed by atoms with Gasteiger partial charge in [0.1, 0.15) is 13.1 Å².